The Hall–Kier alpha value is -2.28. The summed E-state index contributed by atoms with van der Waals surface area (Å²) in [5, 5.41) is 0. The number of aromatic nitrogens is 2. The van der Waals surface area contributed by atoms with Gasteiger partial charge in [-0.05, 0) is 30.7 Å². The lowest BCUT2D eigenvalue weighted by Crippen LogP contribution is -2.36. The fourth-order valence-electron chi connectivity index (χ4n) is 3.56. The molecule has 6 nitrogen and oxygen atoms in total. The van der Waals surface area contributed by atoms with Crippen molar-refractivity contribution in [3.05, 3.63) is 54.4 Å². The molecular weight excluding hydrogens is 390 g/mol. The first-order valence-electron chi connectivity index (χ1n) is 9.84. The zero-order valence-electron chi connectivity index (χ0n) is 16.8. The molecule has 156 valence electrons. The van der Waals surface area contributed by atoms with Gasteiger partial charge in [-0.15, -0.1) is 12.4 Å². The number of imidazole rings is 1. The Balaban J connectivity index is 0.00000240. The van der Waals surface area contributed by atoms with Gasteiger partial charge in [-0.2, -0.15) is 0 Å². The fraction of sp³-hybridized carbons (Fsp3) is 0.409. The van der Waals surface area contributed by atoms with Crippen molar-refractivity contribution in [2.24, 2.45) is 0 Å². The molecule has 0 radical (unpaired) electrons. The molecule has 0 N–H and O–H groups in total. The van der Waals surface area contributed by atoms with Gasteiger partial charge in [0.15, 0.2) is 0 Å². The summed E-state index contributed by atoms with van der Waals surface area (Å²) < 4.78 is 19.0. The smallest absolute Gasteiger partial charge is 0.124 e. The highest BCUT2D eigenvalue weighted by Gasteiger charge is 2.16. The number of methoxy groups -OCH3 is 1. The first kappa shape index (κ1) is 21.4. The zero-order valence-corrected chi connectivity index (χ0v) is 17.6. The maximum atomic E-state index is 5.91. The van der Waals surface area contributed by atoms with E-state index in [0.717, 1.165) is 68.7 Å². The van der Waals surface area contributed by atoms with Crippen molar-refractivity contribution in [3.8, 4) is 11.5 Å². The van der Waals surface area contributed by atoms with E-state index in [1.807, 2.05) is 30.3 Å². The van der Waals surface area contributed by atoms with Crippen LogP contribution in [-0.4, -0.2) is 54.5 Å². The van der Waals surface area contributed by atoms with Crippen LogP contribution in [0.15, 0.2) is 48.5 Å². The van der Waals surface area contributed by atoms with E-state index in [4.69, 9.17) is 19.2 Å². The summed E-state index contributed by atoms with van der Waals surface area (Å²) in [6.45, 7) is 5.91. The molecular formula is C22H28ClN3O3. The van der Waals surface area contributed by atoms with Gasteiger partial charge in [0.1, 0.15) is 17.3 Å². The summed E-state index contributed by atoms with van der Waals surface area (Å²) in [7, 11) is 1.67. The van der Waals surface area contributed by atoms with Crippen molar-refractivity contribution in [3.63, 3.8) is 0 Å². The summed E-state index contributed by atoms with van der Waals surface area (Å²) in [5.74, 6) is 2.76. The molecule has 29 heavy (non-hydrogen) atoms. The van der Waals surface area contributed by atoms with Crippen LogP contribution in [0.1, 0.15) is 12.2 Å². The van der Waals surface area contributed by atoms with Crippen molar-refractivity contribution in [1.82, 2.24) is 14.5 Å². The Morgan fingerprint density at radius 2 is 1.83 bits per heavy atom. The molecule has 3 aromatic rings. The Morgan fingerprint density at radius 3 is 2.66 bits per heavy atom. The Labute approximate surface area is 177 Å². The SMILES string of the molecule is COc1cccc(OCCCn2c(CN3CCOCC3)nc3ccccc32)c1.Cl. The first-order valence-corrected chi connectivity index (χ1v) is 9.84. The van der Waals surface area contributed by atoms with Gasteiger partial charge in [0.05, 0.1) is 44.5 Å². The Kier molecular flexibility index (Phi) is 7.75. The van der Waals surface area contributed by atoms with Crippen molar-refractivity contribution in [2.75, 3.05) is 40.0 Å². The minimum Gasteiger partial charge on any atom is -0.497 e. The highest BCUT2D eigenvalue weighted by atomic mass is 35.5. The quantitative estimate of drug-likeness (QED) is 0.522. The third kappa shape index (κ3) is 5.41. The molecule has 0 unspecified atom stereocenters. The van der Waals surface area contributed by atoms with Crippen molar-refractivity contribution < 1.29 is 14.2 Å². The molecule has 2 aromatic carbocycles. The highest BCUT2D eigenvalue weighted by Crippen LogP contribution is 2.20. The summed E-state index contributed by atoms with van der Waals surface area (Å²) in [4.78, 5) is 7.30. The molecule has 0 bridgehead atoms. The van der Waals surface area contributed by atoms with Crippen LogP contribution in [0, 0.1) is 0 Å². The molecule has 0 amide bonds. The number of ether oxygens (including phenoxy) is 3. The third-order valence-electron chi connectivity index (χ3n) is 5.04. The van der Waals surface area contributed by atoms with Crippen molar-refractivity contribution in [2.45, 2.75) is 19.5 Å². The van der Waals surface area contributed by atoms with Gasteiger partial charge in [-0.1, -0.05) is 18.2 Å². The number of para-hydroxylation sites is 2. The number of morpholine rings is 1. The minimum atomic E-state index is 0. The molecule has 7 heteroatoms. The highest BCUT2D eigenvalue weighted by molar-refractivity contribution is 5.85. The number of fused-ring (bicyclic) bond motifs is 1. The average Bonchev–Trinajstić information content (AvgIpc) is 3.09. The van der Waals surface area contributed by atoms with E-state index in [0.29, 0.717) is 6.61 Å². The number of aryl methyl sites for hydroxylation is 1. The summed E-state index contributed by atoms with van der Waals surface area (Å²) in [6.07, 6.45) is 0.910. The van der Waals surface area contributed by atoms with E-state index in [1.54, 1.807) is 7.11 Å². The molecule has 4 rings (SSSR count). The number of halogens is 1. The lowest BCUT2D eigenvalue weighted by Gasteiger charge is -2.26. The predicted molar refractivity (Wildman–Crippen MR) is 116 cm³/mol. The second-order valence-electron chi connectivity index (χ2n) is 6.94. The first-order chi connectivity index (χ1) is 13.8. The molecule has 1 aromatic heterocycles. The molecule has 1 aliphatic heterocycles. The largest absolute Gasteiger partial charge is 0.497 e. The number of hydrogen-bond acceptors (Lipinski definition) is 5. The fourth-order valence-corrected chi connectivity index (χ4v) is 3.56. The minimum absolute atomic E-state index is 0. The van der Waals surface area contributed by atoms with Crippen LogP contribution in [0.3, 0.4) is 0 Å². The van der Waals surface area contributed by atoms with E-state index < -0.39 is 0 Å². The number of benzene rings is 2. The maximum absolute atomic E-state index is 5.91. The summed E-state index contributed by atoms with van der Waals surface area (Å²) in [6, 6.07) is 16.1. The number of hydrogen-bond donors (Lipinski definition) is 0. The van der Waals surface area contributed by atoms with E-state index in [2.05, 4.69) is 27.7 Å². The summed E-state index contributed by atoms with van der Waals surface area (Å²) >= 11 is 0. The van der Waals surface area contributed by atoms with Crippen LogP contribution < -0.4 is 9.47 Å². The maximum Gasteiger partial charge on any atom is 0.124 e. The lowest BCUT2D eigenvalue weighted by atomic mass is 10.3. The van der Waals surface area contributed by atoms with Crippen LogP contribution in [0.4, 0.5) is 0 Å². The van der Waals surface area contributed by atoms with E-state index in [-0.39, 0.29) is 12.4 Å². The van der Waals surface area contributed by atoms with Crippen molar-refractivity contribution in [1.29, 1.82) is 0 Å². The number of nitrogens with zero attached hydrogens (tertiary/aromatic N) is 3. The average molecular weight is 418 g/mol. The van der Waals surface area contributed by atoms with Crippen LogP contribution >= 0.6 is 12.4 Å². The van der Waals surface area contributed by atoms with Gasteiger partial charge in [-0.25, -0.2) is 4.98 Å². The van der Waals surface area contributed by atoms with Gasteiger partial charge in [0.2, 0.25) is 0 Å². The molecule has 1 fully saturated rings. The monoisotopic (exact) mass is 417 g/mol. The Morgan fingerprint density at radius 1 is 1.03 bits per heavy atom. The standard InChI is InChI=1S/C22H27N3O3.ClH/c1-26-18-6-4-7-19(16-18)28-13-5-10-25-21-9-3-2-8-20(21)23-22(25)17-24-11-14-27-15-12-24;/h2-4,6-9,16H,5,10-15,17H2,1H3;1H. The molecule has 1 saturated heterocycles. The summed E-state index contributed by atoms with van der Waals surface area (Å²) in [5.41, 5.74) is 2.24. The van der Waals surface area contributed by atoms with Crippen LogP contribution in [0.25, 0.3) is 11.0 Å². The molecule has 0 aliphatic carbocycles. The van der Waals surface area contributed by atoms with Gasteiger partial charge >= 0.3 is 0 Å². The van der Waals surface area contributed by atoms with E-state index >= 15 is 0 Å². The molecule has 0 spiro atoms. The second kappa shape index (κ2) is 10.5. The van der Waals surface area contributed by atoms with Crippen LogP contribution in [-0.2, 0) is 17.8 Å². The van der Waals surface area contributed by atoms with Gasteiger partial charge in [0, 0.05) is 25.7 Å². The van der Waals surface area contributed by atoms with E-state index in [1.165, 1.54) is 5.52 Å². The third-order valence-corrected chi connectivity index (χ3v) is 5.04. The van der Waals surface area contributed by atoms with E-state index in [9.17, 15) is 0 Å². The van der Waals surface area contributed by atoms with Gasteiger partial charge in [-0.3, -0.25) is 4.90 Å². The Bertz CT molecular complexity index is 909. The van der Waals surface area contributed by atoms with Crippen molar-refractivity contribution >= 4 is 23.4 Å². The molecule has 0 saturated carbocycles. The topological polar surface area (TPSA) is 48.8 Å². The number of rotatable bonds is 8. The molecule has 0 atom stereocenters. The zero-order chi connectivity index (χ0) is 19.2. The molecule has 2 heterocycles. The van der Waals surface area contributed by atoms with Gasteiger partial charge < -0.3 is 18.8 Å². The van der Waals surface area contributed by atoms with Crippen LogP contribution in [0.5, 0.6) is 11.5 Å². The lowest BCUT2D eigenvalue weighted by molar-refractivity contribution is 0.0326. The van der Waals surface area contributed by atoms with Gasteiger partial charge in [0.25, 0.3) is 0 Å². The van der Waals surface area contributed by atoms with Crippen LogP contribution in [0.2, 0.25) is 0 Å². The predicted octanol–water partition coefficient (Wildman–Crippen LogP) is 3.77. The second-order valence-corrected chi connectivity index (χ2v) is 6.94. The normalized spacial score (nSPS) is 14.5. The molecule has 1 aliphatic rings.